The number of amides is 1. The summed E-state index contributed by atoms with van der Waals surface area (Å²) in [5.41, 5.74) is 2.69. The van der Waals surface area contributed by atoms with Gasteiger partial charge in [0.25, 0.3) is 0 Å². The van der Waals surface area contributed by atoms with Crippen molar-refractivity contribution in [1.82, 2.24) is 9.80 Å². The number of rotatable bonds is 10. The lowest BCUT2D eigenvalue weighted by Crippen LogP contribution is -2.48. The number of hydrogen-bond donors (Lipinski definition) is 2. The highest BCUT2D eigenvalue weighted by atomic mass is 16.5. The normalized spacial score (nSPS) is 17.5. The second kappa shape index (κ2) is 11.8. The summed E-state index contributed by atoms with van der Waals surface area (Å²) in [6, 6.07) is 26.3. The van der Waals surface area contributed by atoms with E-state index in [2.05, 4.69) is 0 Å². The van der Waals surface area contributed by atoms with Crippen molar-refractivity contribution in [1.29, 1.82) is 0 Å². The largest absolute Gasteiger partial charge is 0.496 e. The number of carbonyl (C=O) groups is 2. The Morgan fingerprint density at radius 2 is 1.56 bits per heavy atom. The molecule has 0 radical (unpaired) electrons. The van der Waals surface area contributed by atoms with Gasteiger partial charge in [0, 0.05) is 25.2 Å². The summed E-state index contributed by atoms with van der Waals surface area (Å²) in [5.74, 6) is 0.230. The smallest absolute Gasteiger partial charge is 0.407 e. The Morgan fingerprint density at radius 3 is 2.14 bits per heavy atom. The van der Waals surface area contributed by atoms with Gasteiger partial charge in [-0.25, -0.2) is 4.79 Å². The van der Waals surface area contributed by atoms with Gasteiger partial charge in [0.1, 0.15) is 5.75 Å². The topological polar surface area (TPSA) is 90.3 Å². The maximum Gasteiger partial charge on any atom is 0.407 e. The molecule has 1 fully saturated rings. The minimum absolute atomic E-state index is 0.00309. The van der Waals surface area contributed by atoms with Gasteiger partial charge in [0.2, 0.25) is 0 Å². The van der Waals surface area contributed by atoms with Crippen molar-refractivity contribution in [2.24, 2.45) is 0 Å². The molecule has 0 bridgehead atoms. The van der Waals surface area contributed by atoms with E-state index in [0.717, 1.165) is 16.7 Å². The molecule has 1 saturated heterocycles. The summed E-state index contributed by atoms with van der Waals surface area (Å²) in [5, 5.41) is 20.2. The fourth-order valence-electron chi connectivity index (χ4n) is 4.99. The second-order valence-electron chi connectivity index (χ2n) is 9.10. The van der Waals surface area contributed by atoms with Crippen molar-refractivity contribution < 1.29 is 24.5 Å². The molecule has 2 atom stereocenters. The zero-order chi connectivity index (χ0) is 25.5. The average molecular weight is 489 g/mol. The van der Waals surface area contributed by atoms with E-state index in [0.29, 0.717) is 18.7 Å². The van der Waals surface area contributed by atoms with Crippen LogP contribution in [0.1, 0.15) is 29.0 Å². The van der Waals surface area contributed by atoms with Crippen LogP contribution >= 0.6 is 0 Å². The predicted molar refractivity (Wildman–Crippen MR) is 137 cm³/mol. The highest BCUT2D eigenvalue weighted by Gasteiger charge is 2.38. The number of para-hydroxylation sites is 1. The number of methoxy groups -OCH3 is 1. The minimum atomic E-state index is -1.06. The van der Waals surface area contributed by atoms with E-state index in [-0.39, 0.29) is 25.4 Å². The van der Waals surface area contributed by atoms with Crippen LogP contribution in [-0.2, 0) is 11.3 Å². The highest BCUT2D eigenvalue weighted by Crippen LogP contribution is 2.28. The molecule has 0 saturated carbocycles. The Morgan fingerprint density at radius 1 is 0.972 bits per heavy atom. The molecule has 3 aromatic rings. The molecule has 0 aromatic heterocycles. The summed E-state index contributed by atoms with van der Waals surface area (Å²) in [7, 11) is 1.60. The van der Waals surface area contributed by atoms with Crippen LogP contribution in [0.25, 0.3) is 0 Å². The lowest BCUT2D eigenvalue weighted by Gasteiger charge is -2.31. The van der Waals surface area contributed by atoms with Gasteiger partial charge in [-0.15, -0.1) is 0 Å². The predicted octanol–water partition coefficient (Wildman–Crippen LogP) is 4.01. The number of nitrogens with zero attached hydrogens (tertiary/aromatic N) is 2. The first-order valence-electron chi connectivity index (χ1n) is 12.1. The summed E-state index contributed by atoms with van der Waals surface area (Å²) >= 11 is 0. The molecule has 0 spiro atoms. The molecule has 1 aliphatic rings. The molecule has 4 rings (SSSR count). The van der Waals surface area contributed by atoms with Crippen LogP contribution in [0.5, 0.6) is 5.75 Å². The Balaban J connectivity index is 1.65. The third-order valence-corrected chi connectivity index (χ3v) is 6.75. The fraction of sp³-hybridized carbons (Fsp3) is 0.310. The lowest BCUT2D eigenvalue weighted by atomic mass is 9.87. The Labute approximate surface area is 211 Å². The van der Waals surface area contributed by atoms with E-state index in [1.807, 2.05) is 89.8 Å². The van der Waals surface area contributed by atoms with E-state index in [1.54, 1.807) is 7.11 Å². The molecule has 1 heterocycles. The number of hydrogen-bond acceptors (Lipinski definition) is 5. The van der Waals surface area contributed by atoms with E-state index in [1.165, 1.54) is 4.90 Å². The SMILES string of the molecule is COc1ccccc1CN(CC(=O)C(c1ccccc1)c1ccccc1)C[C@@H]1[C@@H](O)CCN1C(=O)O. The molecule has 1 aliphatic heterocycles. The van der Waals surface area contributed by atoms with Crippen molar-refractivity contribution in [3.63, 3.8) is 0 Å². The van der Waals surface area contributed by atoms with Gasteiger partial charge < -0.3 is 19.8 Å². The van der Waals surface area contributed by atoms with Crippen LogP contribution < -0.4 is 4.74 Å². The number of ketones is 1. The van der Waals surface area contributed by atoms with Crippen molar-refractivity contribution >= 4 is 11.9 Å². The molecule has 1 amide bonds. The summed E-state index contributed by atoms with van der Waals surface area (Å²) < 4.78 is 5.52. The fourth-order valence-corrected chi connectivity index (χ4v) is 4.99. The average Bonchev–Trinajstić information content (AvgIpc) is 3.26. The van der Waals surface area contributed by atoms with Gasteiger partial charge in [-0.3, -0.25) is 9.69 Å². The number of Topliss-reactive ketones (excluding diaryl/α,β-unsaturated/α-hetero) is 1. The number of carbonyl (C=O) groups excluding carboxylic acids is 1. The number of likely N-dealkylation sites (tertiary alicyclic amines) is 1. The minimum Gasteiger partial charge on any atom is -0.496 e. The lowest BCUT2D eigenvalue weighted by molar-refractivity contribution is -0.121. The maximum absolute atomic E-state index is 13.9. The Bertz CT molecular complexity index is 1120. The third kappa shape index (κ3) is 5.93. The van der Waals surface area contributed by atoms with E-state index in [9.17, 15) is 19.8 Å². The van der Waals surface area contributed by atoms with Crippen LogP contribution in [0.4, 0.5) is 4.79 Å². The first kappa shape index (κ1) is 25.4. The van der Waals surface area contributed by atoms with Crippen LogP contribution in [0.2, 0.25) is 0 Å². The molecule has 2 N–H and O–H groups in total. The second-order valence-corrected chi connectivity index (χ2v) is 9.10. The van der Waals surface area contributed by atoms with E-state index < -0.39 is 24.2 Å². The van der Waals surface area contributed by atoms with E-state index in [4.69, 9.17) is 4.74 Å². The van der Waals surface area contributed by atoms with Crippen molar-refractivity contribution in [2.45, 2.75) is 31.0 Å². The Hall–Kier alpha value is -3.68. The molecule has 36 heavy (non-hydrogen) atoms. The van der Waals surface area contributed by atoms with Crippen LogP contribution in [0.15, 0.2) is 84.9 Å². The van der Waals surface area contributed by atoms with Gasteiger partial charge in [0.05, 0.1) is 31.7 Å². The zero-order valence-corrected chi connectivity index (χ0v) is 20.4. The summed E-state index contributed by atoms with van der Waals surface area (Å²) in [6.07, 6.45) is -1.47. The third-order valence-electron chi connectivity index (χ3n) is 6.75. The van der Waals surface area contributed by atoms with Gasteiger partial charge >= 0.3 is 6.09 Å². The van der Waals surface area contributed by atoms with Crippen LogP contribution in [-0.4, -0.2) is 70.8 Å². The number of aliphatic hydroxyl groups excluding tert-OH is 1. The maximum atomic E-state index is 13.9. The molecule has 3 aromatic carbocycles. The molecule has 188 valence electrons. The summed E-state index contributed by atoms with van der Waals surface area (Å²) in [6.45, 7) is 0.966. The standard InChI is InChI=1S/C29H32N2O5/c1-36-27-15-9-8-14-23(27)18-30(19-24-25(32)16-17-31(24)29(34)35)20-26(33)28(21-10-4-2-5-11-21)22-12-6-3-7-13-22/h2-15,24-25,28,32H,16-20H2,1H3,(H,34,35)/t24-,25+/m1/s1. The molecular weight excluding hydrogens is 456 g/mol. The number of carboxylic acid groups (broad SMARTS) is 1. The number of benzene rings is 3. The van der Waals surface area contributed by atoms with Gasteiger partial charge in [-0.2, -0.15) is 0 Å². The monoisotopic (exact) mass is 488 g/mol. The number of aliphatic hydroxyl groups is 1. The van der Waals surface area contributed by atoms with Crippen LogP contribution in [0, 0.1) is 0 Å². The summed E-state index contributed by atoms with van der Waals surface area (Å²) in [4.78, 5) is 28.9. The van der Waals surface area contributed by atoms with Gasteiger partial charge in [0.15, 0.2) is 5.78 Å². The van der Waals surface area contributed by atoms with Crippen molar-refractivity contribution in [3.8, 4) is 5.75 Å². The number of ether oxygens (including phenoxy) is 1. The molecule has 7 heteroatoms. The molecule has 0 aliphatic carbocycles. The first-order valence-corrected chi connectivity index (χ1v) is 12.1. The van der Waals surface area contributed by atoms with E-state index >= 15 is 0 Å². The quantitative estimate of drug-likeness (QED) is 0.448. The Kier molecular flexibility index (Phi) is 8.36. The van der Waals surface area contributed by atoms with Crippen molar-refractivity contribution in [3.05, 3.63) is 102 Å². The van der Waals surface area contributed by atoms with Crippen molar-refractivity contribution in [2.75, 3.05) is 26.7 Å². The zero-order valence-electron chi connectivity index (χ0n) is 20.4. The van der Waals surface area contributed by atoms with Gasteiger partial charge in [-0.1, -0.05) is 78.9 Å². The molecular formula is C29H32N2O5. The molecule has 7 nitrogen and oxygen atoms in total. The van der Waals surface area contributed by atoms with Crippen LogP contribution in [0.3, 0.4) is 0 Å². The highest BCUT2D eigenvalue weighted by molar-refractivity contribution is 5.90. The first-order chi connectivity index (χ1) is 17.5. The molecule has 0 unspecified atom stereocenters. The van der Waals surface area contributed by atoms with Gasteiger partial charge in [-0.05, 0) is 23.6 Å².